The Morgan fingerprint density at radius 1 is 0.889 bits per heavy atom. The quantitative estimate of drug-likeness (QED) is 0.318. The van der Waals surface area contributed by atoms with Gasteiger partial charge >= 0.3 is 0 Å². The van der Waals surface area contributed by atoms with E-state index in [-0.39, 0.29) is 24.8 Å². The largest absolute Gasteiger partial charge is 0.489 e. The number of benzene rings is 2. The van der Waals surface area contributed by atoms with Crippen LogP contribution in [0.4, 0.5) is 0 Å². The molecule has 1 aliphatic heterocycles. The molecule has 0 spiro atoms. The molecule has 0 amide bonds. The average Bonchev–Trinajstić information content (AvgIpc) is 3.33. The van der Waals surface area contributed by atoms with Crippen LogP contribution in [0.3, 0.4) is 0 Å². The summed E-state index contributed by atoms with van der Waals surface area (Å²) >= 11 is 0. The first-order valence-corrected chi connectivity index (χ1v) is 12.2. The van der Waals surface area contributed by atoms with Crippen molar-refractivity contribution < 1.29 is 14.2 Å². The minimum atomic E-state index is 0. The van der Waals surface area contributed by atoms with Gasteiger partial charge in [0.15, 0.2) is 0 Å². The molecule has 2 unspecified atom stereocenters. The van der Waals surface area contributed by atoms with Crippen molar-refractivity contribution in [2.75, 3.05) is 33.4 Å². The van der Waals surface area contributed by atoms with E-state index in [1.807, 2.05) is 36.4 Å². The van der Waals surface area contributed by atoms with E-state index in [1.165, 1.54) is 0 Å². The molecule has 0 bridgehead atoms. The average molecular weight is 535 g/mol. The van der Waals surface area contributed by atoms with Gasteiger partial charge in [-0.1, -0.05) is 55.8 Å². The molecular weight excluding hydrogens is 497 g/mol. The van der Waals surface area contributed by atoms with Gasteiger partial charge in [-0.25, -0.2) is 0 Å². The second kappa shape index (κ2) is 15.7. The molecule has 1 aromatic heterocycles. The number of hydrogen-bond acceptors (Lipinski definition) is 6. The third kappa shape index (κ3) is 8.34. The summed E-state index contributed by atoms with van der Waals surface area (Å²) in [5.41, 5.74) is 4.33. The molecule has 36 heavy (non-hydrogen) atoms. The predicted molar refractivity (Wildman–Crippen MR) is 149 cm³/mol. The van der Waals surface area contributed by atoms with E-state index in [4.69, 9.17) is 14.2 Å². The summed E-state index contributed by atoms with van der Waals surface area (Å²) in [6.07, 6.45) is 3.08. The molecule has 0 aliphatic carbocycles. The van der Waals surface area contributed by atoms with Crippen LogP contribution < -0.4 is 14.8 Å². The third-order valence-electron chi connectivity index (χ3n) is 6.33. The van der Waals surface area contributed by atoms with Gasteiger partial charge in [0.05, 0.1) is 18.9 Å². The standard InChI is InChI=1S/C28H35N3O3.2ClH/c1-3-4-10-27-26(15-28(31-30-27)34-20-24-17-29-16-23(24)19-32-2)22-11-13-25(14-12-22)33-18-21-8-6-5-7-9-21;;/h5-9,11-15,23-24,29H,3-4,10,16-20H2,1-2H3;2*1H. The maximum Gasteiger partial charge on any atom is 0.234 e. The molecule has 2 heterocycles. The molecule has 1 N–H and O–H groups in total. The molecule has 8 heteroatoms. The number of nitrogens with one attached hydrogen (secondary N) is 1. The number of aromatic nitrogens is 2. The number of ether oxygens (including phenoxy) is 3. The van der Waals surface area contributed by atoms with Crippen molar-refractivity contribution >= 4 is 24.8 Å². The Hall–Kier alpha value is -2.38. The van der Waals surface area contributed by atoms with Gasteiger partial charge in [-0.05, 0) is 36.1 Å². The summed E-state index contributed by atoms with van der Waals surface area (Å²) in [7, 11) is 1.75. The maximum atomic E-state index is 6.11. The van der Waals surface area contributed by atoms with E-state index in [0.29, 0.717) is 30.9 Å². The zero-order valence-electron chi connectivity index (χ0n) is 21.0. The summed E-state index contributed by atoms with van der Waals surface area (Å²) in [5.74, 6) is 2.29. The Bertz CT molecular complexity index is 1020. The number of unbranched alkanes of at least 4 members (excludes halogenated alkanes) is 1. The molecule has 196 valence electrons. The predicted octanol–water partition coefficient (Wildman–Crippen LogP) is 5.77. The molecule has 4 rings (SSSR count). The fourth-order valence-corrected chi connectivity index (χ4v) is 4.30. The lowest BCUT2D eigenvalue weighted by molar-refractivity contribution is 0.119. The van der Waals surface area contributed by atoms with Gasteiger partial charge in [0, 0.05) is 43.7 Å². The fraction of sp³-hybridized carbons (Fsp3) is 0.429. The second-order valence-electron chi connectivity index (χ2n) is 8.89. The Morgan fingerprint density at radius 3 is 2.31 bits per heavy atom. The Balaban J connectivity index is 0.00000228. The Labute approximate surface area is 227 Å². The van der Waals surface area contributed by atoms with Gasteiger partial charge in [-0.15, -0.1) is 29.9 Å². The van der Waals surface area contributed by atoms with E-state index in [0.717, 1.165) is 67.1 Å². The van der Waals surface area contributed by atoms with Crippen molar-refractivity contribution in [2.45, 2.75) is 32.8 Å². The van der Waals surface area contributed by atoms with Crippen molar-refractivity contribution in [3.63, 3.8) is 0 Å². The van der Waals surface area contributed by atoms with Crippen LogP contribution in [0.15, 0.2) is 60.7 Å². The van der Waals surface area contributed by atoms with Crippen LogP contribution in [0.2, 0.25) is 0 Å². The summed E-state index contributed by atoms with van der Waals surface area (Å²) in [4.78, 5) is 0. The first-order chi connectivity index (χ1) is 16.8. The number of methoxy groups -OCH3 is 1. The fourth-order valence-electron chi connectivity index (χ4n) is 4.30. The second-order valence-corrected chi connectivity index (χ2v) is 8.89. The van der Waals surface area contributed by atoms with E-state index in [1.54, 1.807) is 7.11 Å². The van der Waals surface area contributed by atoms with Crippen molar-refractivity contribution in [1.29, 1.82) is 0 Å². The van der Waals surface area contributed by atoms with Crippen LogP contribution >= 0.6 is 24.8 Å². The van der Waals surface area contributed by atoms with Crippen LogP contribution in [0.1, 0.15) is 31.0 Å². The van der Waals surface area contributed by atoms with Crippen LogP contribution in [-0.2, 0) is 17.8 Å². The Kier molecular flexibility index (Phi) is 13.0. The minimum Gasteiger partial charge on any atom is -0.489 e. The van der Waals surface area contributed by atoms with Gasteiger partial charge in [0.1, 0.15) is 12.4 Å². The summed E-state index contributed by atoms with van der Waals surface area (Å²) in [5, 5.41) is 12.4. The Morgan fingerprint density at radius 2 is 1.61 bits per heavy atom. The molecule has 2 atom stereocenters. The van der Waals surface area contributed by atoms with Crippen LogP contribution in [0, 0.1) is 11.8 Å². The lowest BCUT2D eigenvalue weighted by atomic mass is 9.98. The number of hydrogen-bond donors (Lipinski definition) is 1. The summed E-state index contributed by atoms with van der Waals surface area (Å²) < 4.78 is 17.4. The van der Waals surface area contributed by atoms with Gasteiger partial charge in [0.2, 0.25) is 5.88 Å². The first-order valence-electron chi connectivity index (χ1n) is 12.2. The molecule has 6 nitrogen and oxygen atoms in total. The number of nitrogens with zero attached hydrogens (tertiary/aromatic N) is 2. The molecule has 0 radical (unpaired) electrons. The molecular formula is C28H37Cl2N3O3. The number of rotatable bonds is 12. The first kappa shape index (κ1) is 29.8. The highest BCUT2D eigenvalue weighted by Crippen LogP contribution is 2.29. The highest BCUT2D eigenvalue weighted by Gasteiger charge is 2.27. The zero-order chi connectivity index (χ0) is 23.6. The molecule has 1 fully saturated rings. The molecule has 1 aliphatic rings. The van der Waals surface area contributed by atoms with Gasteiger partial charge < -0.3 is 19.5 Å². The number of halogens is 2. The molecule has 1 saturated heterocycles. The SMILES string of the molecule is CCCCc1nnc(OCC2CNCC2COC)cc1-c1ccc(OCc2ccccc2)cc1.Cl.Cl. The molecule has 0 saturated carbocycles. The monoisotopic (exact) mass is 533 g/mol. The highest BCUT2D eigenvalue weighted by atomic mass is 35.5. The topological polar surface area (TPSA) is 65.5 Å². The van der Waals surface area contributed by atoms with Crippen molar-refractivity contribution in [3.05, 3.63) is 71.9 Å². The summed E-state index contributed by atoms with van der Waals surface area (Å²) in [6.45, 7) is 6.00. The minimum absolute atomic E-state index is 0. The smallest absolute Gasteiger partial charge is 0.234 e. The molecule has 3 aromatic rings. The molecule has 2 aromatic carbocycles. The van der Waals surface area contributed by atoms with Crippen molar-refractivity contribution in [3.8, 4) is 22.8 Å². The normalized spacial score (nSPS) is 16.6. The van der Waals surface area contributed by atoms with Gasteiger partial charge in [-0.3, -0.25) is 0 Å². The van der Waals surface area contributed by atoms with E-state index in [9.17, 15) is 0 Å². The zero-order valence-corrected chi connectivity index (χ0v) is 22.7. The lowest BCUT2D eigenvalue weighted by Crippen LogP contribution is -2.24. The van der Waals surface area contributed by atoms with Gasteiger partial charge in [0.25, 0.3) is 0 Å². The number of aryl methyl sites for hydroxylation is 1. The van der Waals surface area contributed by atoms with E-state index < -0.39 is 0 Å². The highest BCUT2D eigenvalue weighted by molar-refractivity contribution is 5.85. The van der Waals surface area contributed by atoms with Gasteiger partial charge in [-0.2, -0.15) is 5.10 Å². The van der Waals surface area contributed by atoms with Crippen LogP contribution in [0.25, 0.3) is 11.1 Å². The van der Waals surface area contributed by atoms with Crippen molar-refractivity contribution in [2.24, 2.45) is 11.8 Å². The maximum absolute atomic E-state index is 6.11. The van der Waals surface area contributed by atoms with E-state index >= 15 is 0 Å². The summed E-state index contributed by atoms with van der Waals surface area (Å²) in [6, 6.07) is 20.4. The van der Waals surface area contributed by atoms with Crippen LogP contribution in [0.5, 0.6) is 11.6 Å². The van der Waals surface area contributed by atoms with Crippen LogP contribution in [-0.4, -0.2) is 43.6 Å². The van der Waals surface area contributed by atoms with E-state index in [2.05, 4.69) is 46.7 Å². The lowest BCUT2D eigenvalue weighted by Gasteiger charge is -2.18. The van der Waals surface area contributed by atoms with Crippen molar-refractivity contribution in [1.82, 2.24) is 15.5 Å². The third-order valence-corrected chi connectivity index (χ3v) is 6.33.